The molecule has 0 aromatic rings. The number of aliphatic hydroxyl groups excluding tert-OH is 1. The Bertz CT molecular complexity index is 1740. The minimum absolute atomic E-state index is 0.104. The predicted molar refractivity (Wildman–Crippen MR) is 354 cm³/mol. The smallest absolute Gasteiger partial charge is 0.462 e. The SMILES string of the molecule is CCCCCCCC(=O)OC[C@H](COP(=O)(O)OC[C@H](O)COP(=O)(O)OC[C@@H](COC(=O)CCCCCCCCCCCCC(C)C)OC(=O)CCCCCCCCCCCCCCCCC(C)CC)OC(=O)CCCCCCCCCCC(C)CC. The highest BCUT2D eigenvalue weighted by Gasteiger charge is 2.30. The number of phosphoric acid groups is 2. The Labute approximate surface area is 537 Å². The number of rotatable bonds is 67. The van der Waals surface area contributed by atoms with Crippen molar-refractivity contribution in [1.29, 1.82) is 0 Å². The molecule has 0 bridgehead atoms. The summed E-state index contributed by atoms with van der Waals surface area (Å²) in [6.45, 7) is 11.8. The second-order valence-corrected chi connectivity index (χ2v) is 28.8. The third kappa shape index (κ3) is 60.3. The van der Waals surface area contributed by atoms with Crippen LogP contribution in [0.25, 0.3) is 0 Å². The van der Waals surface area contributed by atoms with E-state index in [0.717, 1.165) is 114 Å². The molecule has 17 nitrogen and oxygen atoms in total. The van der Waals surface area contributed by atoms with Gasteiger partial charge >= 0.3 is 39.5 Å². The van der Waals surface area contributed by atoms with Crippen LogP contribution in [0.1, 0.15) is 344 Å². The van der Waals surface area contributed by atoms with Crippen molar-refractivity contribution in [3.05, 3.63) is 0 Å². The van der Waals surface area contributed by atoms with Crippen molar-refractivity contribution >= 4 is 39.5 Å². The van der Waals surface area contributed by atoms with E-state index in [4.69, 9.17) is 37.0 Å². The molecule has 7 atom stereocenters. The Balaban J connectivity index is 5.17. The topological polar surface area (TPSA) is 237 Å². The van der Waals surface area contributed by atoms with Crippen LogP contribution in [0.5, 0.6) is 0 Å². The van der Waals surface area contributed by atoms with Crippen molar-refractivity contribution < 1.29 is 80.2 Å². The van der Waals surface area contributed by atoms with Gasteiger partial charge in [-0.15, -0.1) is 0 Å². The molecule has 88 heavy (non-hydrogen) atoms. The molecule has 19 heteroatoms. The number of carbonyl (C=O) groups excluding carboxylic acids is 4. The number of unbranched alkanes of at least 4 members (excludes halogenated alkanes) is 33. The average molecular weight is 1300 g/mol. The first-order chi connectivity index (χ1) is 42.3. The van der Waals surface area contributed by atoms with Crippen molar-refractivity contribution in [2.45, 2.75) is 362 Å². The van der Waals surface area contributed by atoms with Crippen LogP contribution in [0.2, 0.25) is 0 Å². The highest BCUT2D eigenvalue weighted by Crippen LogP contribution is 2.45. The number of hydrogen-bond acceptors (Lipinski definition) is 15. The summed E-state index contributed by atoms with van der Waals surface area (Å²) in [6, 6.07) is 0. The minimum atomic E-state index is -4.95. The number of hydrogen-bond donors (Lipinski definition) is 3. The maximum atomic E-state index is 13.0. The fourth-order valence-corrected chi connectivity index (χ4v) is 11.9. The van der Waals surface area contributed by atoms with Gasteiger partial charge in [-0.1, -0.05) is 292 Å². The Morgan fingerprint density at radius 1 is 0.330 bits per heavy atom. The van der Waals surface area contributed by atoms with Gasteiger partial charge in [0.25, 0.3) is 0 Å². The van der Waals surface area contributed by atoms with Gasteiger partial charge in [0, 0.05) is 25.7 Å². The van der Waals surface area contributed by atoms with Crippen LogP contribution in [0.4, 0.5) is 0 Å². The van der Waals surface area contributed by atoms with Gasteiger partial charge in [0.05, 0.1) is 26.4 Å². The van der Waals surface area contributed by atoms with E-state index in [1.807, 2.05) is 0 Å². The first kappa shape index (κ1) is 86.1. The van der Waals surface area contributed by atoms with Crippen molar-refractivity contribution in [1.82, 2.24) is 0 Å². The van der Waals surface area contributed by atoms with Crippen molar-refractivity contribution in [3.8, 4) is 0 Å². The molecular weight excluding hydrogens is 1160 g/mol. The number of esters is 4. The van der Waals surface area contributed by atoms with Gasteiger partial charge in [-0.25, -0.2) is 9.13 Å². The van der Waals surface area contributed by atoms with Crippen molar-refractivity contribution in [3.63, 3.8) is 0 Å². The Hall–Kier alpha value is -1.94. The molecule has 0 aromatic carbocycles. The fraction of sp³-hybridized carbons (Fsp3) is 0.942. The second kappa shape index (κ2) is 60.0. The van der Waals surface area contributed by atoms with E-state index in [1.54, 1.807) is 0 Å². The minimum Gasteiger partial charge on any atom is -0.462 e. The van der Waals surface area contributed by atoms with Gasteiger partial charge in [-0.05, 0) is 43.4 Å². The summed E-state index contributed by atoms with van der Waals surface area (Å²) in [6.07, 6.45) is 43.3. The summed E-state index contributed by atoms with van der Waals surface area (Å²) >= 11 is 0. The van der Waals surface area contributed by atoms with Crippen LogP contribution >= 0.6 is 15.6 Å². The maximum Gasteiger partial charge on any atom is 0.472 e. The molecule has 0 aliphatic heterocycles. The predicted octanol–water partition coefficient (Wildman–Crippen LogP) is 19.5. The highest BCUT2D eigenvalue weighted by atomic mass is 31.2. The molecule has 0 heterocycles. The van der Waals surface area contributed by atoms with Gasteiger partial charge in [0.15, 0.2) is 12.2 Å². The maximum absolute atomic E-state index is 13.0. The van der Waals surface area contributed by atoms with Crippen LogP contribution in [0, 0.1) is 17.8 Å². The van der Waals surface area contributed by atoms with E-state index in [-0.39, 0.29) is 25.7 Å². The van der Waals surface area contributed by atoms with Crippen LogP contribution in [-0.4, -0.2) is 96.7 Å². The summed E-state index contributed by atoms with van der Waals surface area (Å²) in [7, 11) is -9.89. The van der Waals surface area contributed by atoms with E-state index in [2.05, 4.69) is 48.5 Å². The molecule has 0 rings (SSSR count). The molecule has 0 saturated heterocycles. The lowest BCUT2D eigenvalue weighted by atomic mass is 9.99. The lowest BCUT2D eigenvalue weighted by molar-refractivity contribution is -0.161. The second-order valence-electron chi connectivity index (χ2n) is 25.9. The van der Waals surface area contributed by atoms with E-state index in [1.165, 1.54) is 148 Å². The number of carbonyl (C=O) groups is 4. The molecule has 0 aliphatic rings. The third-order valence-electron chi connectivity index (χ3n) is 16.6. The van der Waals surface area contributed by atoms with Crippen molar-refractivity contribution in [2.75, 3.05) is 39.6 Å². The molecular formula is C69H134O17P2. The summed E-state index contributed by atoms with van der Waals surface area (Å²) in [5, 5.41) is 10.6. The first-order valence-corrected chi connectivity index (χ1v) is 38.9. The highest BCUT2D eigenvalue weighted by molar-refractivity contribution is 7.47. The zero-order valence-corrected chi connectivity index (χ0v) is 59.0. The Morgan fingerprint density at radius 3 is 0.864 bits per heavy atom. The molecule has 0 radical (unpaired) electrons. The zero-order chi connectivity index (χ0) is 65.2. The molecule has 4 unspecified atom stereocenters. The molecule has 0 aromatic heterocycles. The van der Waals surface area contributed by atoms with Gasteiger partial charge in [0.1, 0.15) is 19.3 Å². The van der Waals surface area contributed by atoms with E-state index in [0.29, 0.717) is 25.7 Å². The molecule has 3 N–H and O–H groups in total. The fourth-order valence-electron chi connectivity index (χ4n) is 10.3. The third-order valence-corrected chi connectivity index (χ3v) is 18.5. The average Bonchev–Trinajstić information content (AvgIpc) is 3.62. The number of aliphatic hydroxyl groups is 1. The molecule has 0 amide bonds. The van der Waals surface area contributed by atoms with E-state index < -0.39 is 97.5 Å². The standard InChI is InChI=1S/C69H134O17P2/c1-8-11-12-33-43-50-66(71)79-56-64(85-69(74)53-46-39-32-26-25-29-36-42-49-62(7)10-3)58-83-87(75,76)81-54-63(70)55-82-88(77,78)84-59-65(57-80-67(72)51-44-37-30-23-20-19-21-27-34-40-47-60(4)5)86-68(73)52-45-38-31-24-18-16-14-13-15-17-22-28-35-41-48-61(6)9-2/h60-65,70H,8-59H2,1-7H3,(H,75,76)(H,77,78)/t61?,62?,63-,64+,65+/m0/s1. The molecule has 0 saturated carbocycles. The monoisotopic (exact) mass is 1300 g/mol. The quantitative estimate of drug-likeness (QED) is 0.0222. The van der Waals surface area contributed by atoms with Crippen LogP contribution < -0.4 is 0 Å². The summed E-state index contributed by atoms with van der Waals surface area (Å²) < 4.78 is 68.0. The van der Waals surface area contributed by atoms with Crippen LogP contribution in [0.3, 0.4) is 0 Å². The lowest BCUT2D eigenvalue weighted by Gasteiger charge is -2.21. The van der Waals surface area contributed by atoms with E-state index >= 15 is 0 Å². The van der Waals surface area contributed by atoms with Gasteiger partial charge < -0.3 is 33.8 Å². The lowest BCUT2D eigenvalue weighted by Crippen LogP contribution is -2.30. The Morgan fingerprint density at radius 2 is 0.580 bits per heavy atom. The number of ether oxygens (including phenoxy) is 4. The normalized spacial score (nSPS) is 14.9. The van der Waals surface area contributed by atoms with Crippen LogP contribution in [0.15, 0.2) is 0 Å². The number of phosphoric ester groups is 2. The van der Waals surface area contributed by atoms with Crippen molar-refractivity contribution in [2.24, 2.45) is 17.8 Å². The van der Waals surface area contributed by atoms with E-state index in [9.17, 15) is 43.2 Å². The molecule has 0 aliphatic carbocycles. The Kier molecular flexibility index (Phi) is 58.7. The summed E-state index contributed by atoms with van der Waals surface area (Å²) in [5.41, 5.74) is 0. The largest absolute Gasteiger partial charge is 0.472 e. The summed E-state index contributed by atoms with van der Waals surface area (Å²) in [4.78, 5) is 72.2. The molecule has 522 valence electrons. The zero-order valence-electron chi connectivity index (χ0n) is 57.2. The molecule has 0 spiro atoms. The first-order valence-electron chi connectivity index (χ1n) is 35.9. The van der Waals surface area contributed by atoms with Crippen LogP contribution in [-0.2, 0) is 65.4 Å². The molecule has 0 fully saturated rings. The summed E-state index contributed by atoms with van der Waals surface area (Å²) in [5.74, 6) is 0.235. The van der Waals surface area contributed by atoms with Gasteiger partial charge in [-0.3, -0.25) is 37.3 Å². The van der Waals surface area contributed by atoms with Gasteiger partial charge in [0.2, 0.25) is 0 Å². The van der Waals surface area contributed by atoms with Gasteiger partial charge in [-0.2, -0.15) is 0 Å².